The first-order chi connectivity index (χ1) is 21.3. The fourth-order valence-corrected chi connectivity index (χ4v) is 4.86. The summed E-state index contributed by atoms with van der Waals surface area (Å²) in [5.41, 5.74) is 12.2. The summed E-state index contributed by atoms with van der Waals surface area (Å²) >= 11 is 0. The van der Waals surface area contributed by atoms with Gasteiger partial charge in [0.25, 0.3) is 0 Å². The van der Waals surface area contributed by atoms with Crippen LogP contribution in [0.2, 0.25) is 0 Å². The van der Waals surface area contributed by atoms with Crippen molar-refractivity contribution in [1.29, 1.82) is 0 Å². The summed E-state index contributed by atoms with van der Waals surface area (Å²) in [5, 5.41) is 0. The van der Waals surface area contributed by atoms with E-state index in [2.05, 4.69) is 104 Å². The Bertz CT molecular complexity index is 1620. The summed E-state index contributed by atoms with van der Waals surface area (Å²) < 4.78 is 0. The van der Waals surface area contributed by atoms with Crippen molar-refractivity contribution in [2.75, 3.05) is 0 Å². The van der Waals surface area contributed by atoms with Crippen LogP contribution in [-0.4, -0.2) is 15.0 Å². The van der Waals surface area contributed by atoms with Gasteiger partial charge in [0, 0.05) is 78.4 Å². The smallest absolute Gasteiger partial charge is 0.0268 e. The van der Waals surface area contributed by atoms with Crippen LogP contribution in [0.1, 0.15) is 41.8 Å². The monoisotopic (exact) mass is 1150 g/mol. The Morgan fingerprint density at radius 3 is 1.74 bits per heavy atom. The van der Waals surface area contributed by atoms with E-state index in [0.29, 0.717) is 5.92 Å². The average molecular weight is 1150 g/mol. The molecule has 3 aromatic carbocycles. The van der Waals surface area contributed by atoms with Crippen molar-refractivity contribution < 1.29 is 60.3 Å². The Labute approximate surface area is 322 Å². The third-order valence-electron chi connectivity index (χ3n) is 6.62. The van der Waals surface area contributed by atoms with Gasteiger partial charge in [-0.25, -0.2) is 0 Å². The number of pyridine rings is 3. The third-order valence-corrected chi connectivity index (χ3v) is 6.62. The van der Waals surface area contributed by atoms with Crippen LogP contribution in [0.4, 0.5) is 0 Å². The number of rotatable bonds is 5. The minimum atomic E-state index is 0. The molecule has 0 spiro atoms. The average Bonchev–Trinajstić information content (AvgIpc) is 3.02. The minimum Gasteiger partial charge on any atom is -0.305 e. The van der Waals surface area contributed by atoms with Crippen molar-refractivity contribution in [3.05, 3.63) is 162 Å². The number of hydrogen-bond donors (Lipinski definition) is 0. The second-order valence-electron chi connectivity index (χ2n) is 11.3. The molecule has 0 aliphatic carbocycles. The quantitative estimate of drug-likeness (QED) is 0.162. The van der Waals surface area contributed by atoms with Gasteiger partial charge in [-0.1, -0.05) is 63.1 Å². The number of benzene rings is 3. The first-order valence-electron chi connectivity index (χ1n) is 15.0. The molecule has 6 aromatic rings. The minimum absolute atomic E-state index is 0. The molecule has 0 N–H and O–H groups in total. The summed E-state index contributed by atoms with van der Waals surface area (Å²) in [7, 11) is 0. The largest absolute Gasteiger partial charge is 0.305 e. The molecular weight excluding hydrogens is 1110 g/mol. The zero-order valence-electron chi connectivity index (χ0n) is 27.6. The number of nitrogens with zero attached hydrogens (tertiary/aromatic N) is 3. The van der Waals surface area contributed by atoms with E-state index in [4.69, 9.17) is 0 Å². The van der Waals surface area contributed by atoms with Crippen LogP contribution in [0.25, 0.3) is 33.8 Å². The molecule has 0 saturated heterocycles. The molecule has 0 saturated carbocycles. The molecule has 0 atom stereocenters. The molecule has 3 radical (unpaired) electrons. The van der Waals surface area contributed by atoms with Gasteiger partial charge in [0.2, 0.25) is 0 Å². The summed E-state index contributed by atoms with van der Waals surface area (Å²) in [4.78, 5) is 13.2. The molecular formula is C41H40Ir3N3-3. The summed E-state index contributed by atoms with van der Waals surface area (Å²) in [6, 6.07) is 44.1. The van der Waals surface area contributed by atoms with E-state index in [1.807, 2.05) is 79.9 Å². The Balaban J connectivity index is 0.000000343. The van der Waals surface area contributed by atoms with Crippen molar-refractivity contribution in [3.63, 3.8) is 0 Å². The van der Waals surface area contributed by atoms with Crippen molar-refractivity contribution in [3.8, 4) is 33.8 Å². The van der Waals surface area contributed by atoms with Gasteiger partial charge in [0.1, 0.15) is 0 Å². The maximum Gasteiger partial charge on any atom is 0.0268 e. The van der Waals surface area contributed by atoms with Crippen LogP contribution >= 0.6 is 0 Å². The van der Waals surface area contributed by atoms with Gasteiger partial charge in [0.15, 0.2) is 0 Å². The van der Waals surface area contributed by atoms with Crippen molar-refractivity contribution in [1.82, 2.24) is 15.0 Å². The molecule has 47 heavy (non-hydrogen) atoms. The van der Waals surface area contributed by atoms with Crippen molar-refractivity contribution >= 4 is 0 Å². The molecule has 6 heteroatoms. The van der Waals surface area contributed by atoms with E-state index >= 15 is 0 Å². The van der Waals surface area contributed by atoms with Crippen molar-refractivity contribution in [2.45, 2.75) is 48.0 Å². The molecule has 3 heterocycles. The van der Waals surface area contributed by atoms with Crippen LogP contribution in [0.5, 0.6) is 0 Å². The van der Waals surface area contributed by atoms with Crippen LogP contribution < -0.4 is 0 Å². The van der Waals surface area contributed by atoms with Gasteiger partial charge >= 0.3 is 0 Å². The maximum atomic E-state index is 4.47. The van der Waals surface area contributed by atoms with Crippen LogP contribution in [0, 0.1) is 51.8 Å². The fourth-order valence-electron chi connectivity index (χ4n) is 4.86. The molecule has 0 amide bonds. The van der Waals surface area contributed by atoms with E-state index in [9.17, 15) is 0 Å². The van der Waals surface area contributed by atoms with Gasteiger partial charge in [0.05, 0.1) is 0 Å². The molecule has 0 bridgehead atoms. The summed E-state index contributed by atoms with van der Waals surface area (Å²) in [5.74, 6) is 0.676. The van der Waals surface area contributed by atoms with Crippen LogP contribution in [0.3, 0.4) is 0 Å². The van der Waals surface area contributed by atoms with Gasteiger partial charge in [-0.3, -0.25) is 0 Å². The van der Waals surface area contributed by atoms with Gasteiger partial charge in [-0.05, 0) is 61.5 Å². The van der Waals surface area contributed by atoms with E-state index in [1.54, 1.807) is 6.20 Å². The van der Waals surface area contributed by atoms with E-state index in [-0.39, 0.29) is 60.3 Å². The number of hydrogen-bond acceptors (Lipinski definition) is 3. The van der Waals surface area contributed by atoms with Gasteiger partial charge in [-0.15, -0.1) is 107 Å². The van der Waals surface area contributed by atoms with E-state index < -0.39 is 0 Å². The third kappa shape index (κ3) is 14.4. The molecule has 6 rings (SSSR count). The zero-order chi connectivity index (χ0) is 31.3. The molecule has 0 unspecified atom stereocenters. The Morgan fingerprint density at radius 1 is 0.574 bits per heavy atom. The Morgan fingerprint density at radius 2 is 1.19 bits per heavy atom. The fraction of sp³-hybridized carbons (Fsp3) is 0.195. The summed E-state index contributed by atoms with van der Waals surface area (Å²) in [6.07, 6.45) is 4.79. The predicted octanol–water partition coefficient (Wildman–Crippen LogP) is 10.1. The standard InChI is InChI=1S/C15H16N.2C13H12N.3Ir/c1-12(2)10-13-8-9-16-15(11-13)14-6-4-3-5-7-14;1-10-7-11(2)9-12(8-10)13-5-3-4-6-14-13;1-10-8-11(2)14-13(9-10)12-6-4-3-5-7-12;;;/h3-6,8-9,11-12H,10H2,1-2H3;3-8H,1-2H3;3-6,8-9H,1-2H3;;;/q3*-1;;;. The molecule has 249 valence electrons. The molecule has 0 aliphatic heterocycles. The van der Waals surface area contributed by atoms with Gasteiger partial charge < -0.3 is 15.0 Å². The molecule has 3 aromatic heterocycles. The van der Waals surface area contributed by atoms with Crippen LogP contribution in [0.15, 0.2) is 116 Å². The Kier molecular flexibility index (Phi) is 19.6. The Hall–Kier alpha value is -2.94. The zero-order valence-corrected chi connectivity index (χ0v) is 34.8. The number of aryl methyl sites for hydroxylation is 4. The second-order valence-corrected chi connectivity index (χ2v) is 11.3. The normalized spacial score (nSPS) is 9.68. The SMILES string of the molecule is CC(C)Cc1ccnc(-c2[c-]cccc2)c1.Cc1[c-]c(-c2ccccn2)cc(C)c1.Cc1cc(C)nc(-c2[c-]cccc2)c1.[Ir].[Ir].[Ir]. The second kappa shape index (κ2) is 21.8. The summed E-state index contributed by atoms with van der Waals surface area (Å²) in [6.45, 7) is 12.7. The van der Waals surface area contributed by atoms with Crippen LogP contribution in [-0.2, 0) is 66.7 Å². The van der Waals surface area contributed by atoms with Crippen molar-refractivity contribution in [2.24, 2.45) is 5.92 Å². The first-order valence-corrected chi connectivity index (χ1v) is 15.0. The molecule has 0 aliphatic rings. The van der Waals surface area contributed by atoms with E-state index in [1.165, 1.54) is 16.7 Å². The van der Waals surface area contributed by atoms with E-state index in [0.717, 1.165) is 51.5 Å². The molecule has 0 fully saturated rings. The predicted molar refractivity (Wildman–Crippen MR) is 183 cm³/mol. The maximum absolute atomic E-state index is 4.47. The number of aromatic nitrogens is 3. The first kappa shape index (κ1) is 42.1. The van der Waals surface area contributed by atoms with Gasteiger partial charge in [-0.2, -0.15) is 0 Å². The molecule has 3 nitrogen and oxygen atoms in total. The topological polar surface area (TPSA) is 38.7 Å².